The molecule has 0 N–H and O–H groups in total. The van der Waals surface area contributed by atoms with Crippen molar-refractivity contribution in [1.29, 1.82) is 0 Å². The van der Waals surface area contributed by atoms with Gasteiger partial charge in [-0.2, -0.15) is 0 Å². The Morgan fingerprint density at radius 1 is 1.28 bits per heavy atom. The van der Waals surface area contributed by atoms with E-state index in [-0.39, 0.29) is 23.4 Å². The summed E-state index contributed by atoms with van der Waals surface area (Å²) in [6.07, 6.45) is 5.67. The molecule has 0 amide bonds. The zero-order valence-corrected chi connectivity index (χ0v) is 11.5. The predicted octanol–water partition coefficient (Wildman–Crippen LogP) is 3.03. The Balaban J connectivity index is 2.19. The average molecular weight is 250 g/mol. The van der Waals surface area contributed by atoms with Gasteiger partial charge in [0.25, 0.3) is 0 Å². The van der Waals surface area contributed by atoms with Crippen LogP contribution in [-0.2, 0) is 14.3 Å². The summed E-state index contributed by atoms with van der Waals surface area (Å²) in [6.45, 7) is 6.14. The second-order valence-corrected chi connectivity index (χ2v) is 6.27. The first-order valence-electron chi connectivity index (χ1n) is 6.84. The van der Waals surface area contributed by atoms with E-state index in [9.17, 15) is 9.59 Å². The fourth-order valence-corrected chi connectivity index (χ4v) is 2.64. The van der Waals surface area contributed by atoms with Crippen LogP contribution in [0.15, 0.2) is 11.6 Å². The zero-order chi connectivity index (χ0) is 13.3. The van der Waals surface area contributed by atoms with Crippen molar-refractivity contribution < 1.29 is 14.3 Å². The smallest absolute Gasteiger partial charge is 0.334 e. The van der Waals surface area contributed by atoms with Gasteiger partial charge in [-0.3, -0.25) is 4.79 Å². The maximum atomic E-state index is 12.0. The fraction of sp³-hybridized carbons (Fsp3) is 0.733. The highest BCUT2D eigenvalue weighted by Gasteiger charge is 2.37. The summed E-state index contributed by atoms with van der Waals surface area (Å²) in [5.41, 5.74) is 0.645. The number of carbonyl (C=O) groups excluding carboxylic acids is 2. The third-order valence-corrected chi connectivity index (χ3v) is 4.27. The molecule has 0 aromatic carbocycles. The first-order chi connectivity index (χ1) is 8.40. The van der Waals surface area contributed by atoms with Crippen LogP contribution in [0.1, 0.15) is 52.9 Å². The summed E-state index contributed by atoms with van der Waals surface area (Å²) in [5.74, 6) is 0.304. The van der Waals surface area contributed by atoms with Crippen LogP contribution in [0.3, 0.4) is 0 Å². The van der Waals surface area contributed by atoms with E-state index in [2.05, 4.69) is 13.8 Å². The average Bonchev–Trinajstić information content (AvgIpc) is 2.67. The van der Waals surface area contributed by atoms with Gasteiger partial charge in [-0.1, -0.05) is 20.8 Å². The molecule has 100 valence electrons. The lowest BCUT2D eigenvalue weighted by Crippen LogP contribution is -2.30. The molecule has 3 heteroatoms. The summed E-state index contributed by atoms with van der Waals surface area (Å²) in [6, 6.07) is 0. The summed E-state index contributed by atoms with van der Waals surface area (Å²) in [7, 11) is 0. The first kappa shape index (κ1) is 13.3. The minimum atomic E-state index is -0.166. The van der Waals surface area contributed by atoms with Crippen LogP contribution >= 0.6 is 0 Å². The number of hydrogen-bond acceptors (Lipinski definition) is 3. The maximum Gasteiger partial charge on any atom is 0.334 e. The monoisotopic (exact) mass is 250 g/mol. The zero-order valence-electron chi connectivity index (χ0n) is 11.5. The number of ether oxygens (including phenoxy) is 1. The number of Topliss-reactive ketones (excluding diaryl/α,β-unsaturated/α-hetero) is 1. The number of esters is 1. The van der Waals surface area contributed by atoms with E-state index in [0.29, 0.717) is 12.2 Å². The molecule has 1 aliphatic carbocycles. The van der Waals surface area contributed by atoms with Crippen molar-refractivity contribution in [1.82, 2.24) is 0 Å². The van der Waals surface area contributed by atoms with E-state index in [1.54, 1.807) is 0 Å². The van der Waals surface area contributed by atoms with Crippen LogP contribution in [0.4, 0.5) is 0 Å². The van der Waals surface area contributed by atoms with Crippen LogP contribution in [0.5, 0.6) is 0 Å². The molecule has 0 aromatic rings. The summed E-state index contributed by atoms with van der Waals surface area (Å²) < 4.78 is 5.43. The van der Waals surface area contributed by atoms with Gasteiger partial charge >= 0.3 is 5.97 Å². The Kier molecular flexibility index (Phi) is 3.60. The van der Waals surface area contributed by atoms with Crippen molar-refractivity contribution in [3.05, 3.63) is 11.6 Å². The Hall–Kier alpha value is -1.12. The molecule has 0 saturated heterocycles. The molecule has 2 rings (SSSR count). The Morgan fingerprint density at radius 2 is 2.00 bits per heavy atom. The van der Waals surface area contributed by atoms with Crippen molar-refractivity contribution in [3.63, 3.8) is 0 Å². The third-order valence-electron chi connectivity index (χ3n) is 4.27. The maximum absolute atomic E-state index is 12.0. The van der Waals surface area contributed by atoms with Crippen LogP contribution in [0.25, 0.3) is 0 Å². The number of rotatable bonds is 0. The summed E-state index contributed by atoms with van der Waals surface area (Å²) in [5, 5.41) is 0. The highest BCUT2D eigenvalue weighted by atomic mass is 16.5. The number of hydrogen-bond donors (Lipinski definition) is 0. The summed E-state index contributed by atoms with van der Waals surface area (Å²) in [4.78, 5) is 23.7. The fourth-order valence-electron chi connectivity index (χ4n) is 2.64. The molecule has 0 aromatic heterocycles. The van der Waals surface area contributed by atoms with Gasteiger partial charge in [-0.05, 0) is 31.8 Å². The van der Waals surface area contributed by atoms with Gasteiger partial charge in [0.05, 0.1) is 0 Å². The lowest BCUT2D eigenvalue weighted by atomic mass is 9.80. The number of ketones is 1. The van der Waals surface area contributed by atoms with Gasteiger partial charge in [0.15, 0.2) is 0 Å². The van der Waals surface area contributed by atoms with E-state index in [1.807, 2.05) is 13.0 Å². The lowest BCUT2D eigenvalue weighted by Gasteiger charge is -2.29. The second-order valence-electron chi connectivity index (χ2n) is 6.27. The largest absolute Gasteiger partial charge is 0.454 e. The Bertz CT molecular complexity index is 393. The molecule has 18 heavy (non-hydrogen) atoms. The van der Waals surface area contributed by atoms with Crippen LogP contribution in [0, 0.1) is 11.3 Å². The van der Waals surface area contributed by atoms with E-state index < -0.39 is 0 Å². The lowest BCUT2D eigenvalue weighted by molar-refractivity contribution is -0.144. The van der Waals surface area contributed by atoms with Crippen molar-refractivity contribution >= 4 is 11.8 Å². The molecule has 0 radical (unpaired) electrons. The number of carbonyl (C=O) groups is 2. The van der Waals surface area contributed by atoms with Gasteiger partial charge < -0.3 is 4.74 Å². The molecule has 1 heterocycles. The van der Waals surface area contributed by atoms with Crippen molar-refractivity contribution in [2.75, 3.05) is 0 Å². The van der Waals surface area contributed by atoms with Crippen LogP contribution in [0.2, 0.25) is 0 Å². The SMILES string of the molecule is C[C@H]1CCCC2=C[C@@H](OC2=O)C(C)(C)CCC1=O. The van der Waals surface area contributed by atoms with Gasteiger partial charge in [0.1, 0.15) is 11.9 Å². The van der Waals surface area contributed by atoms with Crippen molar-refractivity contribution in [3.8, 4) is 0 Å². The van der Waals surface area contributed by atoms with Gasteiger partial charge in [-0.25, -0.2) is 4.79 Å². The van der Waals surface area contributed by atoms with E-state index >= 15 is 0 Å². The molecule has 1 aliphatic heterocycles. The minimum Gasteiger partial charge on any atom is -0.454 e. The number of fused-ring (bicyclic) bond motifs is 1. The topological polar surface area (TPSA) is 43.4 Å². The Labute approximate surface area is 109 Å². The molecule has 0 unspecified atom stereocenters. The van der Waals surface area contributed by atoms with E-state index in [0.717, 1.165) is 31.3 Å². The van der Waals surface area contributed by atoms with Gasteiger partial charge in [0, 0.05) is 23.3 Å². The predicted molar refractivity (Wildman–Crippen MR) is 69.0 cm³/mol. The molecule has 0 saturated carbocycles. The van der Waals surface area contributed by atoms with Crippen LogP contribution in [-0.4, -0.2) is 17.9 Å². The quantitative estimate of drug-likeness (QED) is 0.621. The van der Waals surface area contributed by atoms with Gasteiger partial charge in [0.2, 0.25) is 0 Å². The normalized spacial score (nSPS) is 32.5. The highest BCUT2D eigenvalue weighted by molar-refractivity contribution is 5.91. The molecule has 2 aliphatic rings. The molecule has 3 nitrogen and oxygen atoms in total. The summed E-state index contributed by atoms with van der Waals surface area (Å²) >= 11 is 0. The molecule has 2 atom stereocenters. The first-order valence-corrected chi connectivity index (χ1v) is 6.84. The van der Waals surface area contributed by atoms with Crippen molar-refractivity contribution in [2.45, 2.75) is 59.0 Å². The highest BCUT2D eigenvalue weighted by Crippen LogP contribution is 2.36. The Morgan fingerprint density at radius 3 is 2.72 bits per heavy atom. The molecular formula is C15H22O3. The minimum absolute atomic E-state index is 0.119. The molecular weight excluding hydrogens is 228 g/mol. The molecule has 0 spiro atoms. The second kappa shape index (κ2) is 4.87. The molecule has 0 fully saturated rings. The van der Waals surface area contributed by atoms with Crippen LogP contribution < -0.4 is 0 Å². The van der Waals surface area contributed by atoms with Crippen molar-refractivity contribution in [2.24, 2.45) is 11.3 Å². The third kappa shape index (κ3) is 2.65. The van der Waals surface area contributed by atoms with E-state index in [1.165, 1.54) is 0 Å². The van der Waals surface area contributed by atoms with E-state index in [4.69, 9.17) is 4.74 Å². The van der Waals surface area contributed by atoms with Gasteiger partial charge in [-0.15, -0.1) is 0 Å². The molecule has 2 bridgehead atoms. The standard InChI is InChI=1S/C15H22O3/c1-10-5-4-6-11-9-13(18-14(11)17)15(2,3)8-7-12(10)16/h9-10,13H,4-8H2,1-3H3/t10-,13+/m0/s1.